The Balaban J connectivity index is 2.48. The van der Waals surface area contributed by atoms with Gasteiger partial charge in [0.2, 0.25) is 0 Å². The van der Waals surface area contributed by atoms with Crippen LogP contribution in [0.1, 0.15) is 28.4 Å². The topological polar surface area (TPSA) is 43.4 Å². The first kappa shape index (κ1) is 17.7. The molecule has 0 spiro atoms. The SMILES string of the molecule is COC(=O)Cc1ccc(C(C)=O)c(-c2ccc(C(F)(F)F)cc2)c1. The largest absolute Gasteiger partial charge is 0.469 e. The number of carbonyl (C=O) groups excluding carboxylic acids is 2. The van der Waals surface area contributed by atoms with Gasteiger partial charge in [0, 0.05) is 5.56 Å². The van der Waals surface area contributed by atoms with Crippen molar-refractivity contribution in [3.8, 4) is 11.1 Å². The molecule has 0 N–H and O–H groups in total. The smallest absolute Gasteiger partial charge is 0.416 e. The quantitative estimate of drug-likeness (QED) is 0.618. The Labute approximate surface area is 137 Å². The zero-order valence-corrected chi connectivity index (χ0v) is 13.1. The molecule has 0 aromatic heterocycles. The minimum Gasteiger partial charge on any atom is -0.469 e. The van der Waals surface area contributed by atoms with Gasteiger partial charge in [-0.15, -0.1) is 0 Å². The monoisotopic (exact) mass is 336 g/mol. The van der Waals surface area contributed by atoms with Gasteiger partial charge >= 0.3 is 12.1 Å². The van der Waals surface area contributed by atoms with E-state index < -0.39 is 17.7 Å². The fourth-order valence-electron chi connectivity index (χ4n) is 2.32. The molecule has 3 nitrogen and oxygen atoms in total. The molecule has 0 saturated heterocycles. The van der Waals surface area contributed by atoms with Crippen molar-refractivity contribution >= 4 is 11.8 Å². The second kappa shape index (κ2) is 6.86. The van der Waals surface area contributed by atoms with Crippen LogP contribution < -0.4 is 0 Å². The van der Waals surface area contributed by atoms with E-state index >= 15 is 0 Å². The molecule has 0 aliphatic rings. The summed E-state index contributed by atoms with van der Waals surface area (Å²) in [4.78, 5) is 23.2. The number of esters is 1. The Morgan fingerprint density at radius 3 is 2.17 bits per heavy atom. The first-order valence-electron chi connectivity index (χ1n) is 7.10. The van der Waals surface area contributed by atoms with Crippen LogP contribution in [0.15, 0.2) is 42.5 Å². The number of methoxy groups -OCH3 is 1. The molecule has 126 valence electrons. The number of ketones is 1. The summed E-state index contributed by atoms with van der Waals surface area (Å²) >= 11 is 0. The predicted octanol–water partition coefficient (Wildman–Crippen LogP) is 4.29. The Bertz CT molecular complexity index is 762. The van der Waals surface area contributed by atoms with Crippen LogP contribution in [0.4, 0.5) is 13.2 Å². The van der Waals surface area contributed by atoms with Crippen molar-refractivity contribution in [3.63, 3.8) is 0 Å². The lowest BCUT2D eigenvalue weighted by Crippen LogP contribution is -2.06. The van der Waals surface area contributed by atoms with Crippen LogP contribution in [0, 0.1) is 0 Å². The molecule has 0 amide bonds. The molecule has 0 aliphatic heterocycles. The number of alkyl halides is 3. The van der Waals surface area contributed by atoms with E-state index in [1.807, 2.05) is 0 Å². The number of rotatable bonds is 4. The maximum absolute atomic E-state index is 12.7. The lowest BCUT2D eigenvalue weighted by atomic mass is 9.94. The van der Waals surface area contributed by atoms with E-state index in [9.17, 15) is 22.8 Å². The van der Waals surface area contributed by atoms with Gasteiger partial charge in [0.1, 0.15) is 0 Å². The first-order chi connectivity index (χ1) is 11.2. The zero-order chi connectivity index (χ0) is 17.9. The normalized spacial score (nSPS) is 11.2. The third kappa shape index (κ3) is 4.01. The van der Waals surface area contributed by atoms with Crippen molar-refractivity contribution in [2.45, 2.75) is 19.5 Å². The first-order valence-corrected chi connectivity index (χ1v) is 7.10. The second-order valence-electron chi connectivity index (χ2n) is 5.26. The summed E-state index contributed by atoms with van der Waals surface area (Å²) in [6.07, 6.45) is -4.41. The van der Waals surface area contributed by atoms with E-state index in [0.717, 1.165) is 12.1 Å². The van der Waals surface area contributed by atoms with Crippen LogP contribution in [0.3, 0.4) is 0 Å². The van der Waals surface area contributed by atoms with E-state index in [0.29, 0.717) is 22.3 Å². The van der Waals surface area contributed by atoms with Crippen molar-refractivity contribution < 1.29 is 27.5 Å². The Morgan fingerprint density at radius 1 is 1.04 bits per heavy atom. The van der Waals surface area contributed by atoms with Crippen molar-refractivity contribution in [2.24, 2.45) is 0 Å². The van der Waals surface area contributed by atoms with Gasteiger partial charge in [-0.05, 0) is 41.8 Å². The molecule has 2 aromatic rings. The van der Waals surface area contributed by atoms with Crippen molar-refractivity contribution in [1.29, 1.82) is 0 Å². The van der Waals surface area contributed by atoms with Crippen LogP contribution in [0.5, 0.6) is 0 Å². The van der Waals surface area contributed by atoms with Gasteiger partial charge in [-0.2, -0.15) is 13.2 Å². The van der Waals surface area contributed by atoms with E-state index in [2.05, 4.69) is 4.74 Å². The summed E-state index contributed by atoms with van der Waals surface area (Å²) in [5.41, 5.74) is 1.18. The molecule has 0 unspecified atom stereocenters. The molecule has 2 rings (SSSR count). The number of benzene rings is 2. The molecule has 0 fully saturated rings. The molecule has 0 atom stereocenters. The van der Waals surface area contributed by atoms with Gasteiger partial charge in [-0.1, -0.05) is 24.3 Å². The number of hydrogen-bond acceptors (Lipinski definition) is 3. The van der Waals surface area contributed by atoms with Crippen LogP contribution in [0.25, 0.3) is 11.1 Å². The molecular formula is C18H15F3O3. The highest BCUT2D eigenvalue weighted by Crippen LogP contribution is 2.32. The van der Waals surface area contributed by atoms with E-state index in [4.69, 9.17) is 0 Å². The fraction of sp³-hybridized carbons (Fsp3) is 0.222. The van der Waals surface area contributed by atoms with Crippen LogP contribution in [-0.2, 0) is 22.1 Å². The van der Waals surface area contributed by atoms with Crippen LogP contribution in [0.2, 0.25) is 0 Å². The third-order valence-corrected chi connectivity index (χ3v) is 3.56. The molecule has 2 aromatic carbocycles. The van der Waals surface area contributed by atoms with Crippen LogP contribution >= 0.6 is 0 Å². The molecule has 24 heavy (non-hydrogen) atoms. The third-order valence-electron chi connectivity index (χ3n) is 3.56. The van der Waals surface area contributed by atoms with Crippen molar-refractivity contribution in [3.05, 3.63) is 59.2 Å². The summed E-state index contributed by atoms with van der Waals surface area (Å²) < 4.78 is 42.6. The molecule has 6 heteroatoms. The number of ether oxygens (including phenoxy) is 1. The minimum atomic E-state index is -4.42. The van der Waals surface area contributed by atoms with Crippen molar-refractivity contribution in [2.75, 3.05) is 7.11 Å². The Hall–Kier alpha value is -2.63. The fourth-order valence-corrected chi connectivity index (χ4v) is 2.32. The van der Waals surface area contributed by atoms with Gasteiger partial charge in [0.15, 0.2) is 5.78 Å². The number of hydrogen-bond donors (Lipinski definition) is 0. The standard InChI is InChI=1S/C18H15F3O3/c1-11(22)15-8-3-12(10-17(23)24-2)9-16(15)13-4-6-14(7-5-13)18(19,20)21/h3-9H,10H2,1-2H3. The Morgan fingerprint density at radius 2 is 1.67 bits per heavy atom. The number of halogens is 3. The number of Topliss-reactive ketones (excluding diaryl/α,β-unsaturated/α-hetero) is 1. The van der Waals surface area contributed by atoms with E-state index in [-0.39, 0.29) is 12.2 Å². The second-order valence-corrected chi connectivity index (χ2v) is 5.26. The van der Waals surface area contributed by atoms with E-state index in [1.165, 1.54) is 26.2 Å². The van der Waals surface area contributed by atoms with Crippen molar-refractivity contribution in [1.82, 2.24) is 0 Å². The molecule has 0 saturated carbocycles. The summed E-state index contributed by atoms with van der Waals surface area (Å²) in [5, 5.41) is 0. The lowest BCUT2D eigenvalue weighted by Gasteiger charge is -2.12. The lowest BCUT2D eigenvalue weighted by molar-refractivity contribution is -0.140. The van der Waals surface area contributed by atoms with Gasteiger partial charge in [0.25, 0.3) is 0 Å². The zero-order valence-electron chi connectivity index (χ0n) is 13.1. The summed E-state index contributed by atoms with van der Waals surface area (Å²) in [7, 11) is 1.27. The average molecular weight is 336 g/mol. The maximum atomic E-state index is 12.7. The summed E-state index contributed by atoms with van der Waals surface area (Å²) in [5.74, 6) is -0.654. The molecule has 0 heterocycles. The van der Waals surface area contributed by atoms with Gasteiger partial charge < -0.3 is 4.74 Å². The molecule has 0 radical (unpaired) electrons. The minimum absolute atomic E-state index is 0.0162. The predicted molar refractivity (Wildman–Crippen MR) is 82.6 cm³/mol. The average Bonchev–Trinajstić information content (AvgIpc) is 2.53. The Kier molecular flexibility index (Phi) is 5.07. The molecular weight excluding hydrogens is 321 g/mol. The molecule has 0 bridgehead atoms. The van der Waals surface area contributed by atoms with E-state index in [1.54, 1.807) is 18.2 Å². The number of carbonyl (C=O) groups is 2. The van der Waals surface area contributed by atoms with Crippen LogP contribution in [-0.4, -0.2) is 18.9 Å². The summed E-state index contributed by atoms with van der Waals surface area (Å²) in [6.45, 7) is 1.38. The molecule has 0 aliphatic carbocycles. The maximum Gasteiger partial charge on any atom is 0.416 e. The summed E-state index contributed by atoms with van der Waals surface area (Å²) in [6, 6.07) is 9.36. The van der Waals surface area contributed by atoms with Gasteiger partial charge in [-0.3, -0.25) is 9.59 Å². The van der Waals surface area contributed by atoms with Gasteiger partial charge in [0.05, 0.1) is 19.1 Å². The van der Waals surface area contributed by atoms with Gasteiger partial charge in [-0.25, -0.2) is 0 Å². The highest BCUT2D eigenvalue weighted by atomic mass is 19.4. The highest BCUT2D eigenvalue weighted by Gasteiger charge is 2.30. The highest BCUT2D eigenvalue weighted by molar-refractivity contribution is 6.01.